The molecule has 6 rings (SSSR count). The van der Waals surface area contributed by atoms with E-state index in [1.165, 1.54) is 19.2 Å². The minimum atomic E-state index is -1.47. The molecule has 2 aromatic carbocycles. The second-order valence-electron chi connectivity index (χ2n) is 9.92. The summed E-state index contributed by atoms with van der Waals surface area (Å²) in [5.74, 6) is -0.340. The highest BCUT2D eigenvalue weighted by atomic mass is 19.1. The van der Waals surface area contributed by atoms with Crippen LogP contribution in [-0.2, 0) is 21.7 Å². The van der Waals surface area contributed by atoms with Gasteiger partial charge in [-0.05, 0) is 43.0 Å². The number of rotatable bonds is 4. The average Bonchev–Trinajstić information content (AvgIpc) is 3.66. The number of fused-ring (bicyclic) bond motifs is 3. The Balaban J connectivity index is 1.23. The molecule has 0 radical (unpaired) electrons. The van der Waals surface area contributed by atoms with Gasteiger partial charge in [-0.2, -0.15) is 0 Å². The normalized spacial score (nSPS) is 23.7. The standard InChI is InChI=1S/C26H26FN5O6/c1-28-24(35)29-17-5-6-18-21(9-17)38-13-26(18)23(34)32(25(36)30-26)11-22(33)31-10-15-8-16(27)4-7-20(15)37-12-19(31)14-2-3-14/h4-9,14,19H,2-3,10-13H2,1H3,(H,30,36)(H2,28,29,35)/t19-,26?/m0/s1. The molecule has 38 heavy (non-hydrogen) atoms. The SMILES string of the molecule is CNC(=O)Nc1ccc2c(c1)OCC21NC(=O)N(CC(=O)N2Cc3cc(F)ccc3OC[C@H]2C2CC2)C1=O. The lowest BCUT2D eigenvalue weighted by molar-refractivity contribution is -0.141. The minimum Gasteiger partial charge on any atom is -0.491 e. The molecule has 6 amide bonds. The molecule has 0 aromatic heterocycles. The van der Waals surface area contributed by atoms with E-state index in [1.807, 2.05) is 0 Å². The lowest BCUT2D eigenvalue weighted by Crippen LogP contribution is -2.49. The van der Waals surface area contributed by atoms with Gasteiger partial charge in [0.05, 0.1) is 6.04 Å². The van der Waals surface area contributed by atoms with Gasteiger partial charge in [0.1, 0.15) is 37.1 Å². The van der Waals surface area contributed by atoms with Crippen LogP contribution in [0.2, 0.25) is 0 Å². The highest BCUT2D eigenvalue weighted by molar-refractivity contribution is 6.10. The molecule has 1 saturated heterocycles. The Morgan fingerprint density at radius 1 is 1.13 bits per heavy atom. The lowest BCUT2D eigenvalue weighted by Gasteiger charge is -2.30. The zero-order valence-corrected chi connectivity index (χ0v) is 20.6. The van der Waals surface area contributed by atoms with E-state index in [4.69, 9.17) is 9.47 Å². The number of imide groups is 1. The van der Waals surface area contributed by atoms with E-state index in [-0.39, 0.29) is 31.7 Å². The molecule has 3 aliphatic heterocycles. The fraction of sp³-hybridized carbons (Fsp3) is 0.385. The second kappa shape index (κ2) is 8.89. The molecule has 1 unspecified atom stereocenters. The molecule has 3 heterocycles. The summed E-state index contributed by atoms with van der Waals surface area (Å²) in [4.78, 5) is 54.3. The predicted molar refractivity (Wildman–Crippen MR) is 131 cm³/mol. The van der Waals surface area contributed by atoms with Crippen molar-refractivity contribution in [3.63, 3.8) is 0 Å². The van der Waals surface area contributed by atoms with Gasteiger partial charge >= 0.3 is 12.1 Å². The van der Waals surface area contributed by atoms with E-state index in [9.17, 15) is 23.6 Å². The number of ether oxygens (including phenoxy) is 2. The molecule has 4 aliphatic rings. The van der Waals surface area contributed by atoms with Crippen LogP contribution in [0.25, 0.3) is 0 Å². The fourth-order valence-electron chi connectivity index (χ4n) is 5.33. The third-order valence-electron chi connectivity index (χ3n) is 7.50. The summed E-state index contributed by atoms with van der Waals surface area (Å²) in [6, 6.07) is 7.63. The molecular formula is C26H26FN5O6. The maximum atomic E-state index is 13.9. The molecule has 198 valence electrons. The first kappa shape index (κ1) is 24.0. The van der Waals surface area contributed by atoms with Crippen molar-refractivity contribution >= 4 is 29.6 Å². The third kappa shape index (κ3) is 3.96. The highest BCUT2D eigenvalue weighted by Gasteiger charge is 2.58. The first-order valence-electron chi connectivity index (χ1n) is 12.4. The Morgan fingerprint density at radius 3 is 2.71 bits per heavy atom. The fourth-order valence-corrected chi connectivity index (χ4v) is 5.33. The molecule has 1 spiro atoms. The first-order valence-corrected chi connectivity index (χ1v) is 12.4. The Labute approximate surface area is 217 Å². The number of anilines is 1. The Bertz CT molecular complexity index is 1360. The molecular weight excluding hydrogens is 497 g/mol. The third-order valence-corrected chi connectivity index (χ3v) is 7.50. The van der Waals surface area contributed by atoms with Crippen molar-refractivity contribution in [3.8, 4) is 11.5 Å². The summed E-state index contributed by atoms with van der Waals surface area (Å²) < 4.78 is 25.6. The molecule has 2 aromatic rings. The number of halogens is 1. The van der Waals surface area contributed by atoms with Gasteiger partial charge < -0.3 is 30.3 Å². The number of carbonyl (C=O) groups excluding carboxylic acids is 4. The van der Waals surface area contributed by atoms with Gasteiger partial charge in [0.2, 0.25) is 5.91 Å². The van der Waals surface area contributed by atoms with Gasteiger partial charge in [0.25, 0.3) is 5.91 Å². The number of hydrogen-bond donors (Lipinski definition) is 3. The second-order valence-corrected chi connectivity index (χ2v) is 9.92. The molecule has 3 N–H and O–H groups in total. The number of hydrogen-bond acceptors (Lipinski definition) is 6. The van der Waals surface area contributed by atoms with E-state index in [0.29, 0.717) is 28.3 Å². The van der Waals surface area contributed by atoms with Crippen LogP contribution in [0.1, 0.15) is 24.0 Å². The minimum absolute atomic E-state index is 0.120. The number of benzene rings is 2. The van der Waals surface area contributed by atoms with Crippen molar-refractivity contribution in [1.29, 1.82) is 0 Å². The number of nitrogens with zero attached hydrogens (tertiary/aromatic N) is 2. The number of nitrogens with one attached hydrogen (secondary N) is 3. The maximum absolute atomic E-state index is 13.9. The van der Waals surface area contributed by atoms with Gasteiger partial charge in [-0.3, -0.25) is 14.5 Å². The Morgan fingerprint density at radius 2 is 1.95 bits per heavy atom. The van der Waals surface area contributed by atoms with Gasteiger partial charge in [-0.25, -0.2) is 14.0 Å². The Kier molecular flexibility index (Phi) is 5.62. The summed E-state index contributed by atoms with van der Waals surface area (Å²) in [6.45, 7) is -0.233. The van der Waals surface area contributed by atoms with E-state index < -0.39 is 41.8 Å². The van der Waals surface area contributed by atoms with Crippen molar-refractivity contribution < 1.29 is 33.0 Å². The Hall–Kier alpha value is -4.35. The summed E-state index contributed by atoms with van der Waals surface area (Å²) in [5, 5.41) is 7.79. The smallest absolute Gasteiger partial charge is 0.325 e. The van der Waals surface area contributed by atoms with E-state index in [2.05, 4.69) is 16.0 Å². The van der Waals surface area contributed by atoms with E-state index in [1.54, 1.807) is 29.2 Å². The summed E-state index contributed by atoms with van der Waals surface area (Å²) in [5.41, 5.74) is -0.0347. The summed E-state index contributed by atoms with van der Waals surface area (Å²) >= 11 is 0. The number of urea groups is 2. The summed E-state index contributed by atoms with van der Waals surface area (Å²) in [6.07, 6.45) is 1.89. The molecule has 11 nitrogen and oxygen atoms in total. The first-order chi connectivity index (χ1) is 18.3. The van der Waals surface area contributed by atoms with Crippen LogP contribution >= 0.6 is 0 Å². The van der Waals surface area contributed by atoms with Crippen LogP contribution in [0, 0.1) is 11.7 Å². The van der Waals surface area contributed by atoms with Gasteiger partial charge in [-0.1, -0.05) is 6.07 Å². The molecule has 1 aliphatic carbocycles. The largest absolute Gasteiger partial charge is 0.491 e. The zero-order chi connectivity index (χ0) is 26.6. The van der Waals surface area contributed by atoms with Gasteiger partial charge in [0, 0.05) is 36.5 Å². The maximum Gasteiger partial charge on any atom is 0.325 e. The highest BCUT2D eigenvalue weighted by Crippen LogP contribution is 2.43. The zero-order valence-electron chi connectivity index (χ0n) is 20.6. The van der Waals surface area contributed by atoms with Crippen molar-refractivity contribution in [2.45, 2.75) is 31.0 Å². The van der Waals surface area contributed by atoms with Crippen LogP contribution < -0.4 is 25.4 Å². The van der Waals surface area contributed by atoms with Crippen LogP contribution in [0.3, 0.4) is 0 Å². The van der Waals surface area contributed by atoms with Crippen LogP contribution in [-0.4, -0.2) is 66.5 Å². The predicted octanol–water partition coefficient (Wildman–Crippen LogP) is 1.92. The van der Waals surface area contributed by atoms with Crippen molar-refractivity contribution in [2.75, 3.05) is 32.1 Å². The molecule has 2 atom stereocenters. The monoisotopic (exact) mass is 523 g/mol. The van der Waals surface area contributed by atoms with Crippen LogP contribution in [0.5, 0.6) is 11.5 Å². The van der Waals surface area contributed by atoms with E-state index >= 15 is 0 Å². The quantitative estimate of drug-likeness (QED) is 0.525. The molecule has 12 heteroatoms. The van der Waals surface area contributed by atoms with Gasteiger partial charge in [-0.15, -0.1) is 0 Å². The lowest BCUT2D eigenvalue weighted by atomic mass is 9.92. The number of amides is 6. The molecule has 2 fully saturated rings. The van der Waals surface area contributed by atoms with Crippen LogP contribution in [0.4, 0.5) is 19.7 Å². The van der Waals surface area contributed by atoms with Crippen molar-refractivity contribution in [2.24, 2.45) is 5.92 Å². The summed E-state index contributed by atoms with van der Waals surface area (Å²) in [7, 11) is 1.49. The average molecular weight is 524 g/mol. The van der Waals surface area contributed by atoms with E-state index in [0.717, 1.165) is 17.7 Å². The molecule has 0 bridgehead atoms. The topological polar surface area (TPSA) is 129 Å². The van der Waals surface area contributed by atoms with Crippen molar-refractivity contribution in [3.05, 3.63) is 53.3 Å². The van der Waals surface area contributed by atoms with Crippen LogP contribution in [0.15, 0.2) is 36.4 Å². The van der Waals surface area contributed by atoms with Crippen molar-refractivity contribution in [1.82, 2.24) is 20.4 Å². The molecule has 1 saturated carbocycles. The number of carbonyl (C=O) groups is 4. The van der Waals surface area contributed by atoms with Gasteiger partial charge in [0.15, 0.2) is 5.54 Å².